The van der Waals surface area contributed by atoms with Crippen LogP contribution in [0.3, 0.4) is 0 Å². The Bertz CT molecular complexity index is 1940. The summed E-state index contributed by atoms with van der Waals surface area (Å²) in [5, 5.41) is 12.3. The Balaban J connectivity index is 1.41. The van der Waals surface area contributed by atoms with Crippen molar-refractivity contribution >= 4 is 37.6 Å². The molecule has 0 saturated carbocycles. The molecule has 3 N–H and O–H groups in total. The predicted molar refractivity (Wildman–Crippen MR) is 192 cm³/mol. The van der Waals surface area contributed by atoms with Crippen LogP contribution in [-0.4, -0.2) is 83.2 Å². The zero-order valence-corrected chi connectivity index (χ0v) is 30.5. The van der Waals surface area contributed by atoms with Crippen molar-refractivity contribution in [3.05, 3.63) is 89.0 Å². The lowest BCUT2D eigenvalue weighted by atomic mass is 10.1. The van der Waals surface area contributed by atoms with Crippen LogP contribution >= 0.6 is 0 Å². The molecular weight excluding hydrogens is 681 g/mol. The standard InChI is InChI=1S/C36H44N4O8S2/c1-25(2)24-48-33-17-12-28(22-32(33)35(41)37-23-29-10-15-31(16-11-29)49(5,44)45)7-6-27-8-13-30(14-9-27)39-18-20-40(21-19-39)50(46,47)38-34(26(3)4)36(42)43/h8-17,22,25-26,34,38H,18-21,23-24H2,1-5H3,(H,37,41)(H,42,43)/t34-/m1/s1. The smallest absolute Gasteiger partial charge is 0.322 e. The number of anilines is 1. The molecule has 0 radical (unpaired) electrons. The van der Waals surface area contributed by atoms with Gasteiger partial charge in [-0.2, -0.15) is 17.4 Å². The van der Waals surface area contributed by atoms with Crippen molar-refractivity contribution in [3.63, 3.8) is 0 Å². The number of piperazine rings is 1. The topological polar surface area (TPSA) is 162 Å². The van der Waals surface area contributed by atoms with Gasteiger partial charge in [-0.25, -0.2) is 8.42 Å². The molecule has 0 aromatic heterocycles. The van der Waals surface area contributed by atoms with Gasteiger partial charge in [-0.05, 0) is 72.0 Å². The van der Waals surface area contributed by atoms with Crippen molar-refractivity contribution in [2.75, 3.05) is 43.9 Å². The van der Waals surface area contributed by atoms with Crippen LogP contribution in [0.25, 0.3) is 0 Å². The lowest BCUT2D eigenvalue weighted by Gasteiger charge is -2.36. The van der Waals surface area contributed by atoms with E-state index in [1.54, 1.807) is 44.2 Å². The molecule has 1 heterocycles. The van der Waals surface area contributed by atoms with Gasteiger partial charge < -0.3 is 20.1 Å². The lowest BCUT2D eigenvalue weighted by molar-refractivity contribution is -0.140. The largest absolute Gasteiger partial charge is 0.492 e. The summed E-state index contributed by atoms with van der Waals surface area (Å²) in [5.41, 5.74) is 3.34. The minimum atomic E-state index is -3.95. The quantitative estimate of drug-likeness (QED) is 0.224. The number of rotatable bonds is 13. The molecule has 3 aromatic rings. The Morgan fingerprint density at radius 3 is 2.02 bits per heavy atom. The van der Waals surface area contributed by atoms with Crippen LogP contribution in [-0.2, 0) is 31.4 Å². The summed E-state index contributed by atoms with van der Waals surface area (Å²) < 4.78 is 58.7. The number of amides is 1. The number of hydrogen-bond acceptors (Lipinski definition) is 8. The molecule has 4 rings (SSSR count). The lowest BCUT2D eigenvalue weighted by Crippen LogP contribution is -2.55. The fourth-order valence-corrected chi connectivity index (χ4v) is 7.21. The number of ether oxygens (including phenoxy) is 1. The second-order valence-electron chi connectivity index (χ2n) is 12.9. The highest BCUT2D eigenvalue weighted by Gasteiger charge is 2.33. The summed E-state index contributed by atoms with van der Waals surface area (Å²) in [5.74, 6) is 4.97. The van der Waals surface area contributed by atoms with E-state index in [4.69, 9.17) is 4.74 Å². The van der Waals surface area contributed by atoms with Gasteiger partial charge in [-0.3, -0.25) is 9.59 Å². The molecule has 1 saturated heterocycles. The highest BCUT2D eigenvalue weighted by Crippen LogP contribution is 2.22. The monoisotopic (exact) mass is 724 g/mol. The van der Waals surface area contributed by atoms with E-state index < -0.39 is 38.0 Å². The Labute approximate surface area is 294 Å². The van der Waals surface area contributed by atoms with E-state index in [9.17, 15) is 31.5 Å². The van der Waals surface area contributed by atoms with Crippen LogP contribution < -0.4 is 19.7 Å². The van der Waals surface area contributed by atoms with Crippen molar-refractivity contribution < 1.29 is 36.3 Å². The van der Waals surface area contributed by atoms with Gasteiger partial charge in [0.1, 0.15) is 11.8 Å². The van der Waals surface area contributed by atoms with Gasteiger partial charge in [-0.15, -0.1) is 0 Å². The minimum Gasteiger partial charge on any atom is -0.492 e. The number of hydrogen-bond donors (Lipinski definition) is 3. The zero-order valence-electron chi connectivity index (χ0n) is 28.8. The fourth-order valence-electron chi connectivity index (χ4n) is 5.09. The molecule has 12 nitrogen and oxygen atoms in total. The number of aliphatic carboxylic acids is 1. The van der Waals surface area contributed by atoms with E-state index in [1.807, 2.05) is 38.1 Å². The van der Waals surface area contributed by atoms with Crippen LogP contribution in [0.2, 0.25) is 0 Å². The molecular formula is C36H44N4O8S2. The van der Waals surface area contributed by atoms with Gasteiger partial charge in [0.05, 0.1) is 17.1 Å². The predicted octanol–water partition coefficient (Wildman–Crippen LogP) is 3.52. The van der Waals surface area contributed by atoms with Crippen molar-refractivity contribution in [3.8, 4) is 17.6 Å². The van der Waals surface area contributed by atoms with E-state index in [2.05, 4.69) is 26.8 Å². The van der Waals surface area contributed by atoms with E-state index in [1.165, 1.54) is 16.4 Å². The van der Waals surface area contributed by atoms with Crippen molar-refractivity contribution in [2.45, 2.75) is 45.2 Å². The highest BCUT2D eigenvalue weighted by atomic mass is 32.2. The number of carbonyl (C=O) groups excluding carboxylic acids is 1. The molecule has 14 heteroatoms. The fraction of sp³-hybridized carbons (Fsp3) is 0.389. The Hall–Kier alpha value is -4.42. The summed E-state index contributed by atoms with van der Waals surface area (Å²) in [6, 6.07) is 17.9. The molecule has 1 amide bonds. The Morgan fingerprint density at radius 1 is 0.860 bits per heavy atom. The second-order valence-corrected chi connectivity index (χ2v) is 16.6. The summed E-state index contributed by atoms with van der Waals surface area (Å²) >= 11 is 0. The van der Waals surface area contributed by atoms with E-state index in [0.29, 0.717) is 36.6 Å². The number of benzene rings is 3. The Morgan fingerprint density at radius 2 is 1.46 bits per heavy atom. The molecule has 50 heavy (non-hydrogen) atoms. The van der Waals surface area contributed by atoms with Crippen LogP contribution in [0.4, 0.5) is 5.69 Å². The summed E-state index contributed by atoms with van der Waals surface area (Å²) in [7, 11) is -7.27. The molecule has 1 aliphatic rings. The number of carboxylic acid groups (broad SMARTS) is 1. The van der Waals surface area contributed by atoms with Gasteiger partial charge in [0.15, 0.2) is 9.84 Å². The zero-order chi connectivity index (χ0) is 36.6. The maximum absolute atomic E-state index is 13.3. The average Bonchev–Trinajstić information content (AvgIpc) is 3.07. The number of carboxylic acids is 1. The maximum atomic E-state index is 13.3. The first-order valence-corrected chi connectivity index (χ1v) is 19.6. The van der Waals surface area contributed by atoms with Crippen molar-refractivity contribution in [1.29, 1.82) is 0 Å². The van der Waals surface area contributed by atoms with E-state index >= 15 is 0 Å². The van der Waals surface area contributed by atoms with Crippen LogP contribution in [0.1, 0.15) is 54.7 Å². The van der Waals surface area contributed by atoms with Gasteiger partial charge in [0.2, 0.25) is 0 Å². The summed E-state index contributed by atoms with van der Waals surface area (Å²) in [4.78, 5) is 27.1. The third kappa shape index (κ3) is 10.5. The number of carbonyl (C=O) groups is 2. The molecule has 0 spiro atoms. The van der Waals surface area contributed by atoms with Crippen molar-refractivity contribution in [1.82, 2.24) is 14.3 Å². The maximum Gasteiger partial charge on any atom is 0.322 e. The van der Waals surface area contributed by atoms with Gasteiger partial charge in [-0.1, -0.05) is 51.7 Å². The molecule has 1 fully saturated rings. The summed E-state index contributed by atoms with van der Waals surface area (Å²) in [6.45, 7) is 9.25. The van der Waals surface area contributed by atoms with Crippen LogP contribution in [0.5, 0.6) is 5.75 Å². The van der Waals surface area contributed by atoms with Crippen molar-refractivity contribution in [2.24, 2.45) is 11.8 Å². The third-order valence-corrected chi connectivity index (χ3v) is 10.7. The molecule has 0 unspecified atom stereocenters. The summed E-state index contributed by atoms with van der Waals surface area (Å²) in [6.07, 6.45) is 1.14. The molecule has 0 aliphatic carbocycles. The first kappa shape index (κ1) is 38.4. The number of sulfone groups is 1. The first-order valence-electron chi connectivity index (χ1n) is 16.2. The average molecular weight is 725 g/mol. The van der Waals surface area contributed by atoms with Crippen LogP contribution in [0, 0.1) is 23.7 Å². The molecule has 3 aromatic carbocycles. The normalized spacial score (nSPS) is 14.6. The third-order valence-electron chi connectivity index (χ3n) is 7.97. The minimum absolute atomic E-state index is 0.194. The molecule has 1 aliphatic heterocycles. The molecule has 268 valence electrons. The van der Waals surface area contributed by atoms with Gasteiger partial charge in [0.25, 0.3) is 16.1 Å². The second kappa shape index (κ2) is 16.5. The molecule has 0 bridgehead atoms. The number of nitrogens with one attached hydrogen (secondary N) is 2. The van der Waals surface area contributed by atoms with Gasteiger partial charge >= 0.3 is 5.97 Å². The van der Waals surface area contributed by atoms with E-state index in [0.717, 1.165) is 23.1 Å². The number of nitrogens with zero attached hydrogens (tertiary/aromatic N) is 2. The van der Waals surface area contributed by atoms with Crippen LogP contribution in [0.15, 0.2) is 71.6 Å². The highest BCUT2D eigenvalue weighted by molar-refractivity contribution is 7.90. The Kier molecular flexibility index (Phi) is 12.7. The first-order chi connectivity index (χ1) is 23.5. The van der Waals surface area contributed by atoms with E-state index in [-0.39, 0.29) is 36.4 Å². The SMILES string of the molecule is CC(C)COc1ccc(C#Cc2ccc(N3CCN(S(=O)(=O)N[C@@H](C(=O)O)C(C)C)CC3)cc2)cc1C(=O)NCc1ccc(S(C)(=O)=O)cc1. The van der Waals surface area contributed by atoms with Gasteiger partial charge in [0, 0.05) is 55.8 Å². The molecule has 1 atom stereocenters.